The molecule has 0 aliphatic rings. The van der Waals surface area contributed by atoms with Crippen molar-refractivity contribution < 1.29 is 19.1 Å². The van der Waals surface area contributed by atoms with Gasteiger partial charge in [0.1, 0.15) is 18.2 Å². The quantitative estimate of drug-likeness (QED) is 0.431. The molecule has 0 aliphatic heterocycles. The number of rotatable bonds is 11. The third-order valence-corrected chi connectivity index (χ3v) is 5.71. The minimum absolute atomic E-state index is 0.215. The van der Waals surface area contributed by atoms with Gasteiger partial charge in [0.15, 0.2) is 0 Å². The third kappa shape index (κ3) is 9.35. The molecule has 1 aromatic carbocycles. The number of unbranched alkanes of at least 4 members (excludes halogenated alkanes) is 2. The minimum Gasteiger partial charge on any atom is -0.444 e. The Hall–Kier alpha value is -2.57. The average molecular weight is 476 g/mol. The normalized spacial score (nSPS) is 12.6. The van der Waals surface area contributed by atoms with Crippen molar-refractivity contribution in [2.45, 2.75) is 105 Å². The molecule has 1 atom stereocenters. The zero-order valence-corrected chi connectivity index (χ0v) is 22.6. The van der Waals surface area contributed by atoms with E-state index >= 15 is 0 Å². The van der Waals surface area contributed by atoms with Crippen molar-refractivity contribution in [2.75, 3.05) is 13.1 Å². The molecule has 0 bridgehead atoms. The van der Waals surface area contributed by atoms with Gasteiger partial charge in [0.05, 0.1) is 0 Å². The lowest BCUT2D eigenvalue weighted by Gasteiger charge is -2.43. The Balaban J connectivity index is 3.35. The Morgan fingerprint density at radius 1 is 0.941 bits per heavy atom. The highest BCUT2D eigenvalue weighted by atomic mass is 16.6. The van der Waals surface area contributed by atoms with Crippen LogP contribution in [-0.4, -0.2) is 47.0 Å². The van der Waals surface area contributed by atoms with Gasteiger partial charge in [-0.1, -0.05) is 56.0 Å². The van der Waals surface area contributed by atoms with Gasteiger partial charge in [0.25, 0.3) is 0 Å². The van der Waals surface area contributed by atoms with E-state index < -0.39 is 23.3 Å². The molecule has 1 rings (SSSR count). The highest BCUT2D eigenvalue weighted by Crippen LogP contribution is 2.32. The van der Waals surface area contributed by atoms with Crippen LogP contribution in [0.15, 0.2) is 18.2 Å². The van der Waals surface area contributed by atoms with Gasteiger partial charge < -0.3 is 20.3 Å². The van der Waals surface area contributed by atoms with Gasteiger partial charge in [0.2, 0.25) is 11.8 Å². The summed E-state index contributed by atoms with van der Waals surface area (Å²) in [4.78, 5) is 40.9. The number of ether oxygens (including phenoxy) is 1. The van der Waals surface area contributed by atoms with Crippen LogP contribution in [0.4, 0.5) is 4.79 Å². The van der Waals surface area contributed by atoms with Crippen LogP contribution in [0.2, 0.25) is 0 Å². The fourth-order valence-electron chi connectivity index (χ4n) is 3.82. The maximum atomic E-state index is 13.6. The molecule has 7 heteroatoms. The molecule has 0 aromatic heterocycles. The molecule has 0 radical (unpaired) electrons. The summed E-state index contributed by atoms with van der Waals surface area (Å²) in [5.41, 5.74) is 1.50. The van der Waals surface area contributed by atoms with Crippen molar-refractivity contribution in [3.63, 3.8) is 0 Å². The first-order valence-electron chi connectivity index (χ1n) is 12.4. The van der Waals surface area contributed by atoms with Crippen molar-refractivity contribution in [2.24, 2.45) is 0 Å². The summed E-state index contributed by atoms with van der Waals surface area (Å²) in [6.07, 6.45) is 2.93. The van der Waals surface area contributed by atoms with E-state index in [0.29, 0.717) is 13.0 Å². The van der Waals surface area contributed by atoms with Gasteiger partial charge >= 0.3 is 6.09 Å². The van der Waals surface area contributed by atoms with Gasteiger partial charge in [-0.3, -0.25) is 9.59 Å². The molecular weight excluding hydrogens is 430 g/mol. The van der Waals surface area contributed by atoms with Crippen LogP contribution in [0.3, 0.4) is 0 Å². The molecule has 1 aromatic rings. The van der Waals surface area contributed by atoms with E-state index in [-0.39, 0.29) is 18.4 Å². The van der Waals surface area contributed by atoms with E-state index in [9.17, 15) is 14.4 Å². The third-order valence-electron chi connectivity index (χ3n) is 5.71. The highest BCUT2D eigenvalue weighted by Gasteiger charge is 2.40. The molecule has 0 fully saturated rings. The lowest BCUT2D eigenvalue weighted by Crippen LogP contribution is -2.56. The Labute approximate surface area is 206 Å². The van der Waals surface area contributed by atoms with E-state index in [1.165, 1.54) is 0 Å². The summed E-state index contributed by atoms with van der Waals surface area (Å²) in [5, 5.41) is 5.60. The molecule has 34 heavy (non-hydrogen) atoms. The lowest BCUT2D eigenvalue weighted by molar-refractivity contribution is -0.146. The van der Waals surface area contributed by atoms with Crippen molar-refractivity contribution in [3.05, 3.63) is 34.9 Å². The molecular formula is C27H45N3O4. The Kier molecular flexibility index (Phi) is 11.1. The van der Waals surface area contributed by atoms with E-state index in [1.54, 1.807) is 25.7 Å². The van der Waals surface area contributed by atoms with Crippen molar-refractivity contribution >= 4 is 17.9 Å². The molecule has 3 amide bonds. The van der Waals surface area contributed by atoms with Crippen LogP contribution < -0.4 is 10.6 Å². The van der Waals surface area contributed by atoms with Gasteiger partial charge in [-0.25, -0.2) is 4.79 Å². The largest absolute Gasteiger partial charge is 0.444 e. The lowest BCUT2D eigenvalue weighted by atomic mass is 9.91. The fraction of sp³-hybridized carbons (Fsp3) is 0.667. The summed E-state index contributed by atoms with van der Waals surface area (Å²) in [6, 6.07) is 5.14. The van der Waals surface area contributed by atoms with Crippen LogP contribution in [-0.2, 0) is 14.3 Å². The topological polar surface area (TPSA) is 87.7 Å². The summed E-state index contributed by atoms with van der Waals surface area (Å²) in [7, 11) is 0. The number of amides is 3. The number of carbonyl (C=O) groups is 3. The second kappa shape index (κ2) is 12.8. The van der Waals surface area contributed by atoms with E-state index in [4.69, 9.17) is 4.74 Å². The summed E-state index contributed by atoms with van der Waals surface area (Å²) < 4.78 is 5.28. The van der Waals surface area contributed by atoms with Gasteiger partial charge in [-0.15, -0.1) is 0 Å². The molecule has 0 saturated carbocycles. The minimum atomic E-state index is -0.817. The number of benzene rings is 1. The first kappa shape index (κ1) is 29.5. The molecule has 0 spiro atoms. The number of hydrogen-bond acceptors (Lipinski definition) is 4. The standard InChI is InChI=1S/C27H45N3O4/c1-10-12-13-14-28-24(32)23(21-16-19(3)15-20(4)17-21)30(27(8,9)11-2)22(31)18-29-25(33)34-26(5,6)7/h15-17,23H,10-14,18H2,1-9H3,(H,28,32)(H,29,33). The number of alkyl carbamates (subject to hydrolysis) is 1. The number of hydrogen-bond donors (Lipinski definition) is 2. The Morgan fingerprint density at radius 2 is 1.53 bits per heavy atom. The zero-order chi connectivity index (χ0) is 26.1. The number of carbonyl (C=O) groups excluding carboxylic acids is 3. The molecule has 0 saturated heterocycles. The van der Waals surface area contributed by atoms with Gasteiger partial charge in [-0.2, -0.15) is 0 Å². The van der Waals surface area contributed by atoms with Gasteiger partial charge in [0, 0.05) is 12.1 Å². The second-order valence-electron chi connectivity index (χ2n) is 10.6. The number of aryl methyl sites for hydroxylation is 2. The molecule has 7 nitrogen and oxygen atoms in total. The van der Waals surface area contributed by atoms with Crippen LogP contribution in [0.1, 0.15) is 96.9 Å². The van der Waals surface area contributed by atoms with Crippen molar-refractivity contribution in [1.29, 1.82) is 0 Å². The second-order valence-corrected chi connectivity index (χ2v) is 10.6. The summed E-state index contributed by atoms with van der Waals surface area (Å²) >= 11 is 0. The average Bonchev–Trinajstić information content (AvgIpc) is 2.71. The Morgan fingerprint density at radius 3 is 2.03 bits per heavy atom. The monoisotopic (exact) mass is 475 g/mol. The zero-order valence-electron chi connectivity index (χ0n) is 22.6. The first-order valence-corrected chi connectivity index (χ1v) is 12.4. The summed E-state index contributed by atoms with van der Waals surface area (Å²) in [5.74, 6) is -0.557. The van der Waals surface area contributed by atoms with E-state index in [0.717, 1.165) is 36.0 Å². The maximum Gasteiger partial charge on any atom is 0.408 e. The fourth-order valence-corrected chi connectivity index (χ4v) is 3.82. The predicted octanol–water partition coefficient (Wildman–Crippen LogP) is 5.19. The number of nitrogens with zero attached hydrogens (tertiary/aromatic N) is 1. The Bertz CT molecular complexity index is 823. The molecule has 192 valence electrons. The molecule has 1 unspecified atom stereocenters. The highest BCUT2D eigenvalue weighted by molar-refractivity contribution is 5.91. The van der Waals surface area contributed by atoms with Crippen molar-refractivity contribution in [3.8, 4) is 0 Å². The van der Waals surface area contributed by atoms with Crippen LogP contribution in [0.5, 0.6) is 0 Å². The van der Waals surface area contributed by atoms with Crippen molar-refractivity contribution in [1.82, 2.24) is 15.5 Å². The first-order chi connectivity index (χ1) is 15.7. The predicted molar refractivity (Wildman–Crippen MR) is 137 cm³/mol. The maximum absolute atomic E-state index is 13.6. The molecule has 2 N–H and O–H groups in total. The summed E-state index contributed by atoms with van der Waals surface area (Å²) in [6.45, 7) is 17.5. The van der Waals surface area contributed by atoms with E-state index in [2.05, 4.69) is 17.6 Å². The van der Waals surface area contributed by atoms with Crippen LogP contribution >= 0.6 is 0 Å². The van der Waals surface area contributed by atoms with Crippen LogP contribution in [0, 0.1) is 13.8 Å². The molecule has 0 heterocycles. The van der Waals surface area contributed by atoms with E-state index in [1.807, 2.05) is 52.8 Å². The smallest absolute Gasteiger partial charge is 0.408 e. The van der Waals surface area contributed by atoms with Gasteiger partial charge in [-0.05, 0) is 66.9 Å². The van der Waals surface area contributed by atoms with Crippen LogP contribution in [0.25, 0.3) is 0 Å². The number of nitrogens with one attached hydrogen (secondary N) is 2. The molecule has 0 aliphatic carbocycles. The SMILES string of the molecule is CCCCCNC(=O)C(c1cc(C)cc(C)c1)N(C(=O)CNC(=O)OC(C)(C)C)C(C)(C)CC.